The molecule has 2 nitrogen and oxygen atoms in total. The van der Waals surface area contributed by atoms with E-state index >= 15 is 0 Å². The Bertz CT molecular complexity index is 612. The Labute approximate surface area is 127 Å². The summed E-state index contributed by atoms with van der Waals surface area (Å²) in [5.41, 5.74) is 2.12. The molecule has 0 bridgehead atoms. The average molecular weight is 365 g/mol. The molecule has 94 valence electrons. The zero-order chi connectivity index (χ0) is 13.3. The normalized spacial score (nSPS) is 10.4. The topological polar surface area (TPSA) is 29.1 Å². The molecule has 0 radical (unpaired) electrons. The van der Waals surface area contributed by atoms with E-state index in [1.54, 1.807) is 6.07 Å². The number of halogens is 3. The largest absolute Gasteiger partial charge is 0.322 e. The second-order valence-corrected chi connectivity index (χ2v) is 6.85. The number of thiophene rings is 1. The van der Waals surface area contributed by atoms with Crippen LogP contribution in [0.5, 0.6) is 0 Å². The maximum atomic E-state index is 12.0. The molecule has 0 saturated heterocycles. The number of nitrogens with one attached hydrogen (secondary N) is 1. The summed E-state index contributed by atoms with van der Waals surface area (Å²) in [7, 11) is 0. The summed E-state index contributed by atoms with van der Waals surface area (Å²) in [4.78, 5) is 12.0. The number of hydrogen-bond donors (Lipinski definition) is 1. The fourth-order valence-corrected chi connectivity index (χ4v) is 3.39. The minimum absolute atomic E-state index is 0.256. The lowest BCUT2D eigenvalue weighted by Gasteiger charge is -2.08. The SMILES string of the molecule is Cc1cc(Br)ccc1NC(=O)c1cc(Cl)sc1Cl. The number of benzene rings is 1. The van der Waals surface area contributed by atoms with Gasteiger partial charge in [-0.05, 0) is 36.8 Å². The van der Waals surface area contributed by atoms with Crippen molar-refractivity contribution < 1.29 is 4.79 Å². The van der Waals surface area contributed by atoms with Gasteiger partial charge in [-0.2, -0.15) is 0 Å². The predicted octanol–water partition coefficient (Wildman–Crippen LogP) is 5.38. The van der Waals surface area contributed by atoms with Crippen molar-refractivity contribution >= 4 is 62.1 Å². The van der Waals surface area contributed by atoms with E-state index in [1.807, 2.05) is 25.1 Å². The van der Waals surface area contributed by atoms with Crippen LogP contribution in [-0.2, 0) is 0 Å². The molecule has 0 aliphatic rings. The van der Waals surface area contributed by atoms with Crippen LogP contribution < -0.4 is 5.32 Å². The van der Waals surface area contributed by atoms with Gasteiger partial charge in [0.25, 0.3) is 5.91 Å². The first-order valence-electron chi connectivity index (χ1n) is 4.99. The highest BCUT2D eigenvalue weighted by atomic mass is 79.9. The summed E-state index contributed by atoms with van der Waals surface area (Å²) in [5.74, 6) is -0.256. The van der Waals surface area contributed by atoms with Gasteiger partial charge in [0, 0.05) is 10.2 Å². The minimum atomic E-state index is -0.256. The van der Waals surface area contributed by atoms with Crippen molar-refractivity contribution in [1.29, 1.82) is 0 Å². The lowest BCUT2D eigenvalue weighted by molar-refractivity contribution is 0.102. The molecule has 1 aromatic heterocycles. The summed E-state index contributed by atoms with van der Waals surface area (Å²) in [5, 5.41) is 2.81. The third-order valence-corrected chi connectivity index (χ3v) is 4.32. The third-order valence-electron chi connectivity index (χ3n) is 2.34. The van der Waals surface area contributed by atoms with Crippen LogP contribution in [0.4, 0.5) is 5.69 Å². The van der Waals surface area contributed by atoms with Gasteiger partial charge in [0.15, 0.2) is 0 Å². The molecule has 0 atom stereocenters. The molecular formula is C12H8BrCl2NOS. The van der Waals surface area contributed by atoms with Crippen molar-refractivity contribution in [3.63, 3.8) is 0 Å². The van der Waals surface area contributed by atoms with Crippen molar-refractivity contribution in [1.82, 2.24) is 0 Å². The van der Waals surface area contributed by atoms with Crippen molar-refractivity contribution in [2.75, 3.05) is 5.32 Å². The Hall–Kier alpha value is -0.550. The standard InChI is InChI=1S/C12H8BrCl2NOS/c1-6-4-7(13)2-3-9(6)16-12(17)8-5-10(14)18-11(8)15/h2-5H,1H3,(H,16,17). The highest BCUT2D eigenvalue weighted by Gasteiger charge is 2.15. The maximum absolute atomic E-state index is 12.0. The zero-order valence-electron chi connectivity index (χ0n) is 9.26. The van der Waals surface area contributed by atoms with Crippen molar-refractivity contribution in [2.45, 2.75) is 6.92 Å². The summed E-state index contributed by atoms with van der Waals surface area (Å²) >= 11 is 16.3. The molecular weight excluding hydrogens is 357 g/mol. The zero-order valence-corrected chi connectivity index (χ0v) is 13.2. The number of carbonyl (C=O) groups is 1. The van der Waals surface area contributed by atoms with E-state index in [2.05, 4.69) is 21.2 Å². The van der Waals surface area contributed by atoms with Gasteiger partial charge in [-0.25, -0.2) is 0 Å². The number of carbonyl (C=O) groups excluding carboxylic acids is 1. The van der Waals surface area contributed by atoms with Crippen LogP contribution in [0.3, 0.4) is 0 Å². The number of anilines is 1. The van der Waals surface area contributed by atoms with Gasteiger partial charge in [-0.1, -0.05) is 39.1 Å². The molecule has 0 saturated carbocycles. The molecule has 0 unspecified atom stereocenters. The van der Waals surface area contributed by atoms with Crippen LogP contribution in [0.15, 0.2) is 28.7 Å². The van der Waals surface area contributed by atoms with Crippen molar-refractivity contribution in [3.05, 3.63) is 48.5 Å². The lowest BCUT2D eigenvalue weighted by Crippen LogP contribution is -2.12. The van der Waals surface area contributed by atoms with E-state index in [4.69, 9.17) is 23.2 Å². The number of amides is 1. The lowest BCUT2D eigenvalue weighted by atomic mass is 10.2. The Kier molecular flexibility index (Phi) is 4.33. The summed E-state index contributed by atoms with van der Waals surface area (Å²) < 4.78 is 1.86. The van der Waals surface area contributed by atoms with Crippen LogP contribution >= 0.6 is 50.5 Å². The molecule has 1 N–H and O–H groups in total. The fourth-order valence-electron chi connectivity index (χ4n) is 1.45. The molecule has 0 aliphatic carbocycles. The fraction of sp³-hybridized carbons (Fsp3) is 0.0833. The molecule has 1 amide bonds. The van der Waals surface area contributed by atoms with Crippen LogP contribution in [0.1, 0.15) is 15.9 Å². The third kappa shape index (κ3) is 3.06. The van der Waals surface area contributed by atoms with Gasteiger partial charge >= 0.3 is 0 Å². The predicted molar refractivity (Wildman–Crippen MR) is 81.2 cm³/mol. The Morgan fingerprint density at radius 2 is 2.06 bits per heavy atom. The quantitative estimate of drug-likeness (QED) is 0.761. The van der Waals surface area contributed by atoms with Crippen LogP contribution in [-0.4, -0.2) is 5.91 Å². The summed E-state index contributed by atoms with van der Waals surface area (Å²) in [6.07, 6.45) is 0. The van der Waals surface area contributed by atoms with E-state index < -0.39 is 0 Å². The second kappa shape index (κ2) is 5.61. The van der Waals surface area contributed by atoms with E-state index in [-0.39, 0.29) is 5.91 Å². The van der Waals surface area contributed by atoms with Gasteiger partial charge in [0.1, 0.15) is 4.34 Å². The number of hydrogen-bond acceptors (Lipinski definition) is 2. The molecule has 6 heteroatoms. The van der Waals surface area contributed by atoms with E-state index in [9.17, 15) is 4.79 Å². The average Bonchev–Trinajstić information content (AvgIpc) is 2.62. The molecule has 0 spiro atoms. The number of aryl methyl sites for hydroxylation is 1. The van der Waals surface area contributed by atoms with Crippen LogP contribution in [0.25, 0.3) is 0 Å². The first-order valence-corrected chi connectivity index (χ1v) is 7.36. The molecule has 2 rings (SSSR count). The molecule has 1 aromatic carbocycles. The maximum Gasteiger partial charge on any atom is 0.258 e. The second-order valence-electron chi connectivity index (χ2n) is 3.65. The smallest absolute Gasteiger partial charge is 0.258 e. The summed E-state index contributed by atoms with van der Waals surface area (Å²) in [6, 6.07) is 7.19. The molecule has 2 aromatic rings. The van der Waals surface area contributed by atoms with Gasteiger partial charge in [-0.15, -0.1) is 11.3 Å². The van der Waals surface area contributed by atoms with Crippen LogP contribution in [0.2, 0.25) is 8.67 Å². The molecule has 18 heavy (non-hydrogen) atoms. The van der Waals surface area contributed by atoms with E-state index in [0.29, 0.717) is 14.2 Å². The van der Waals surface area contributed by atoms with Gasteiger partial charge in [0.2, 0.25) is 0 Å². The highest BCUT2D eigenvalue weighted by molar-refractivity contribution is 9.10. The first kappa shape index (κ1) is 13.9. The van der Waals surface area contributed by atoms with E-state index in [1.165, 1.54) is 11.3 Å². The Morgan fingerprint density at radius 1 is 1.33 bits per heavy atom. The monoisotopic (exact) mass is 363 g/mol. The minimum Gasteiger partial charge on any atom is -0.322 e. The molecule has 0 fully saturated rings. The van der Waals surface area contributed by atoms with Gasteiger partial charge < -0.3 is 5.32 Å². The van der Waals surface area contributed by atoms with Crippen LogP contribution in [0, 0.1) is 6.92 Å². The molecule has 1 heterocycles. The molecule has 0 aliphatic heterocycles. The number of rotatable bonds is 2. The first-order chi connectivity index (χ1) is 8.47. The van der Waals surface area contributed by atoms with Crippen molar-refractivity contribution in [2.24, 2.45) is 0 Å². The van der Waals surface area contributed by atoms with Crippen molar-refractivity contribution in [3.8, 4) is 0 Å². The van der Waals surface area contributed by atoms with Gasteiger partial charge in [0.05, 0.1) is 9.90 Å². The van der Waals surface area contributed by atoms with Gasteiger partial charge in [-0.3, -0.25) is 4.79 Å². The highest BCUT2D eigenvalue weighted by Crippen LogP contribution is 2.32. The van der Waals surface area contributed by atoms with E-state index in [0.717, 1.165) is 15.7 Å². The Morgan fingerprint density at radius 3 is 2.61 bits per heavy atom. The Balaban J connectivity index is 2.24. The summed E-state index contributed by atoms with van der Waals surface area (Å²) in [6.45, 7) is 1.92.